The minimum absolute atomic E-state index is 0.0701. The average Bonchev–Trinajstić information content (AvgIpc) is 3.09. The van der Waals surface area contributed by atoms with E-state index in [1.807, 2.05) is 57.0 Å². The number of anilines is 2. The maximum Gasteiger partial charge on any atom is 0.229 e. The third-order valence-electron chi connectivity index (χ3n) is 4.31. The number of nitrogens with two attached hydrogens (primary N) is 1. The predicted octanol–water partition coefficient (Wildman–Crippen LogP) is 2.67. The van der Waals surface area contributed by atoms with Crippen molar-refractivity contribution in [3.8, 4) is 5.69 Å². The number of benzene rings is 1. The Morgan fingerprint density at radius 1 is 1.07 bits per heavy atom. The van der Waals surface area contributed by atoms with Crippen molar-refractivity contribution in [2.45, 2.75) is 23.9 Å². The van der Waals surface area contributed by atoms with Crippen LogP contribution in [0.2, 0.25) is 5.02 Å². The number of nitrogens with zero attached hydrogens (tertiary/aromatic N) is 8. The number of halogens is 1. The number of nitrogen functional groups attached to an aromatic ring is 1. The van der Waals surface area contributed by atoms with Crippen molar-refractivity contribution in [2.24, 2.45) is 0 Å². The molecule has 0 saturated carbocycles. The van der Waals surface area contributed by atoms with E-state index in [-0.39, 0.29) is 12.0 Å². The van der Waals surface area contributed by atoms with E-state index in [1.165, 1.54) is 11.8 Å². The number of aromatic nitrogens is 6. The highest BCUT2D eigenvalue weighted by Crippen LogP contribution is 2.29. The number of hydrogen-bond donors (Lipinski definition) is 1. The summed E-state index contributed by atoms with van der Waals surface area (Å²) in [6.45, 7) is 2.08. The zero-order chi connectivity index (χ0) is 21.1. The van der Waals surface area contributed by atoms with Crippen LogP contribution in [0.4, 0.5) is 11.9 Å². The van der Waals surface area contributed by atoms with Gasteiger partial charge in [0.05, 0.1) is 11.8 Å². The lowest BCUT2D eigenvalue weighted by Gasteiger charge is -2.20. The van der Waals surface area contributed by atoms with Crippen LogP contribution in [0.3, 0.4) is 0 Å². The highest BCUT2D eigenvalue weighted by molar-refractivity contribution is 7.98. The van der Waals surface area contributed by atoms with Crippen molar-refractivity contribution < 1.29 is 0 Å². The molecule has 2 N–H and O–H groups in total. The molecule has 0 aliphatic rings. The molecule has 3 aromatic rings. The van der Waals surface area contributed by atoms with Gasteiger partial charge in [-0.25, -0.2) is 0 Å². The first-order chi connectivity index (χ1) is 13.8. The first kappa shape index (κ1) is 21.3. The predicted molar refractivity (Wildman–Crippen MR) is 117 cm³/mol. The number of hydrogen-bond acceptors (Lipinski definition) is 9. The van der Waals surface area contributed by atoms with Gasteiger partial charge < -0.3 is 10.6 Å². The van der Waals surface area contributed by atoms with E-state index in [0.29, 0.717) is 22.5 Å². The van der Waals surface area contributed by atoms with Gasteiger partial charge in [-0.1, -0.05) is 23.4 Å². The van der Waals surface area contributed by atoms with Crippen LogP contribution in [0.5, 0.6) is 0 Å². The molecule has 2 aromatic heterocycles. The first-order valence-electron chi connectivity index (χ1n) is 8.94. The summed E-state index contributed by atoms with van der Waals surface area (Å²) in [5, 5.41) is 10.3. The second-order valence-electron chi connectivity index (χ2n) is 6.89. The first-order valence-corrected chi connectivity index (χ1v) is 10.3. The van der Waals surface area contributed by atoms with E-state index in [0.717, 1.165) is 16.7 Å². The minimum Gasteiger partial charge on any atom is -0.368 e. The van der Waals surface area contributed by atoms with Crippen LogP contribution in [-0.4, -0.2) is 62.8 Å². The molecule has 3 rings (SSSR count). The third-order valence-corrected chi connectivity index (χ3v) is 5.49. The molecular weight excluding hydrogens is 410 g/mol. The summed E-state index contributed by atoms with van der Waals surface area (Å²) >= 11 is 7.56. The molecule has 0 spiro atoms. The zero-order valence-corrected chi connectivity index (χ0v) is 18.6. The Morgan fingerprint density at radius 3 is 2.38 bits per heavy atom. The molecule has 0 radical (unpaired) electrons. The smallest absolute Gasteiger partial charge is 0.229 e. The van der Waals surface area contributed by atoms with Crippen molar-refractivity contribution in [3.63, 3.8) is 0 Å². The van der Waals surface area contributed by atoms with Gasteiger partial charge in [0.1, 0.15) is 5.82 Å². The van der Waals surface area contributed by atoms with Crippen molar-refractivity contribution in [2.75, 3.05) is 38.8 Å². The van der Waals surface area contributed by atoms with E-state index in [1.54, 1.807) is 4.90 Å². The van der Waals surface area contributed by atoms with Gasteiger partial charge in [-0.2, -0.15) is 15.0 Å². The Kier molecular flexibility index (Phi) is 6.56. The van der Waals surface area contributed by atoms with Crippen LogP contribution < -0.4 is 10.6 Å². The van der Waals surface area contributed by atoms with Gasteiger partial charge in [-0.15, -0.1) is 10.2 Å². The summed E-state index contributed by atoms with van der Waals surface area (Å²) < 4.78 is 2.03. The maximum atomic E-state index is 6.07. The summed E-state index contributed by atoms with van der Waals surface area (Å²) in [5.74, 6) is 2.62. The average molecular weight is 434 g/mol. The Balaban J connectivity index is 1.94. The third kappa shape index (κ3) is 4.95. The molecular formula is C18H24ClN9S. The summed E-state index contributed by atoms with van der Waals surface area (Å²) in [7, 11) is 7.74. The molecule has 9 nitrogen and oxygen atoms in total. The Bertz CT molecular complexity index is 972. The normalized spacial score (nSPS) is 12.4. The van der Waals surface area contributed by atoms with Gasteiger partial charge in [-0.3, -0.25) is 9.47 Å². The van der Waals surface area contributed by atoms with Crippen molar-refractivity contribution in [1.82, 2.24) is 34.6 Å². The second-order valence-corrected chi connectivity index (χ2v) is 8.26. The fourth-order valence-corrected chi connectivity index (χ4v) is 3.47. The van der Waals surface area contributed by atoms with Gasteiger partial charge in [0, 0.05) is 24.8 Å². The van der Waals surface area contributed by atoms with E-state index < -0.39 is 0 Å². The van der Waals surface area contributed by atoms with Crippen LogP contribution in [0.25, 0.3) is 5.69 Å². The van der Waals surface area contributed by atoms with Gasteiger partial charge in [0.15, 0.2) is 11.0 Å². The largest absolute Gasteiger partial charge is 0.368 e. The Labute approximate surface area is 179 Å². The fraction of sp³-hybridized carbons (Fsp3) is 0.389. The lowest BCUT2D eigenvalue weighted by atomic mass is 10.2. The SMILES string of the molecule is CC(c1nnc(SCc2nc(N)nc(N(C)C)n2)n1-c1ccc(Cl)cc1)N(C)C. The molecule has 1 unspecified atom stereocenters. The molecule has 0 saturated heterocycles. The molecule has 0 fully saturated rings. The number of thioether (sulfide) groups is 1. The van der Waals surface area contributed by atoms with Crippen LogP contribution in [0, 0.1) is 0 Å². The summed E-state index contributed by atoms with van der Waals surface area (Å²) in [6, 6.07) is 7.68. The van der Waals surface area contributed by atoms with Crippen molar-refractivity contribution >= 4 is 35.3 Å². The van der Waals surface area contributed by atoms with E-state index >= 15 is 0 Å². The van der Waals surface area contributed by atoms with Crippen LogP contribution in [-0.2, 0) is 5.75 Å². The monoisotopic (exact) mass is 433 g/mol. The van der Waals surface area contributed by atoms with Crippen LogP contribution in [0.1, 0.15) is 24.6 Å². The van der Waals surface area contributed by atoms with Crippen LogP contribution >= 0.6 is 23.4 Å². The molecule has 0 amide bonds. The van der Waals surface area contributed by atoms with Crippen molar-refractivity contribution in [1.29, 1.82) is 0 Å². The van der Waals surface area contributed by atoms with Gasteiger partial charge >= 0.3 is 0 Å². The lowest BCUT2D eigenvalue weighted by Crippen LogP contribution is -2.20. The lowest BCUT2D eigenvalue weighted by molar-refractivity contribution is 0.305. The quantitative estimate of drug-likeness (QED) is 0.563. The number of rotatable bonds is 7. The van der Waals surface area contributed by atoms with Crippen LogP contribution in [0.15, 0.2) is 29.4 Å². The van der Waals surface area contributed by atoms with Gasteiger partial charge in [-0.05, 0) is 45.3 Å². The minimum atomic E-state index is 0.0701. The molecule has 0 aliphatic heterocycles. The maximum absolute atomic E-state index is 6.07. The summed E-state index contributed by atoms with van der Waals surface area (Å²) in [5.41, 5.74) is 6.77. The topological polar surface area (TPSA) is 102 Å². The molecule has 1 aromatic carbocycles. The fourth-order valence-electron chi connectivity index (χ4n) is 2.53. The molecule has 29 heavy (non-hydrogen) atoms. The van der Waals surface area contributed by atoms with Gasteiger partial charge in [0.25, 0.3) is 0 Å². The second kappa shape index (κ2) is 8.93. The zero-order valence-electron chi connectivity index (χ0n) is 17.0. The Hall–Kier alpha value is -2.43. The molecule has 2 heterocycles. The van der Waals surface area contributed by atoms with Gasteiger partial charge in [0.2, 0.25) is 11.9 Å². The Morgan fingerprint density at radius 2 is 1.76 bits per heavy atom. The standard InChI is InChI=1S/C18H24ClN9S/c1-11(26(2)3)15-24-25-18(28(15)13-8-6-12(19)7-9-13)29-10-14-21-16(20)23-17(22-14)27(4)5/h6-9,11H,10H2,1-5H3,(H2,20,21,22,23). The van der Waals surface area contributed by atoms with E-state index in [4.69, 9.17) is 17.3 Å². The molecule has 1 atom stereocenters. The molecule has 154 valence electrons. The molecule has 0 bridgehead atoms. The van der Waals surface area contributed by atoms with E-state index in [2.05, 4.69) is 37.0 Å². The van der Waals surface area contributed by atoms with Crippen molar-refractivity contribution in [3.05, 3.63) is 40.9 Å². The molecule has 0 aliphatic carbocycles. The summed E-state index contributed by atoms with van der Waals surface area (Å²) in [6.07, 6.45) is 0. The highest BCUT2D eigenvalue weighted by Gasteiger charge is 2.21. The highest BCUT2D eigenvalue weighted by atomic mass is 35.5. The molecule has 11 heteroatoms. The van der Waals surface area contributed by atoms with E-state index in [9.17, 15) is 0 Å². The summed E-state index contributed by atoms with van der Waals surface area (Å²) in [4.78, 5) is 16.7.